The molecule has 0 saturated heterocycles. The SMILES string of the molecule is COc1ccc(C2=C(C(=O)c3ccc(OCN(C(C)C)C(C)C)cc3)c3ccccc3CC2)cc1. The van der Waals surface area contributed by atoms with Crippen molar-refractivity contribution in [3.63, 3.8) is 0 Å². The molecular weight excluding hydrogens is 434 g/mol. The lowest BCUT2D eigenvalue weighted by Gasteiger charge is -2.30. The molecule has 0 radical (unpaired) electrons. The van der Waals surface area contributed by atoms with Crippen LogP contribution in [0.4, 0.5) is 0 Å². The van der Waals surface area contributed by atoms with E-state index in [1.54, 1.807) is 7.11 Å². The van der Waals surface area contributed by atoms with E-state index in [1.165, 1.54) is 5.56 Å². The highest BCUT2D eigenvalue weighted by Crippen LogP contribution is 2.39. The number of ketones is 1. The first-order chi connectivity index (χ1) is 16.9. The monoisotopic (exact) mass is 469 g/mol. The molecule has 0 atom stereocenters. The summed E-state index contributed by atoms with van der Waals surface area (Å²) >= 11 is 0. The fourth-order valence-electron chi connectivity index (χ4n) is 4.76. The van der Waals surface area contributed by atoms with Crippen LogP contribution in [0.15, 0.2) is 72.8 Å². The molecule has 1 aliphatic carbocycles. The Kier molecular flexibility index (Phi) is 7.72. The van der Waals surface area contributed by atoms with E-state index in [0.29, 0.717) is 24.4 Å². The Bertz CT molecular complexity index is 1180. The maximum atomic E-state index is 13.9. The van der Waals surface area contributed by atoms with Crippen LogP contribution in [0, 0.1) is 0 Å². The number of rotatable bonds is 9. The molecule has 1 aliphatic rings. The van der Waals surface area contributed by atoms with Gasteiger partial charge in [-0.15, -0.1) is 0 Å². The minimum Gasteiger partial charge on any atom is -0.497 e. The van der Waals surface area contributed by atoms with Crippen molar-refractivity contribution in [1.29, 1.82) is 0 Å². The molecule has 35 heavy (non-hydrogen) atoms. The minimum absolute atomic E-state index is 0.0421. The first-order valence-electron chi connectivity index (χ1n) is 12.4. The molecule has 182 valence electrons. The van der Waals surface area contributed by atoms with Crippen molar-refractivity contribution in [3.05, 3.63) is 95.1 Å². The van der Waals surface area contributed by atoms with Gasteiger partial charge >= 0.3 is 0 Å². The van der Waals surface area contributed by atoms with Crippen LogP contribution >= 0.6 is 0 Å². The molecule has 3 aromatic carbocycles. The number of hydrogen-bond donors (Lipinski definition) is 0. The van der Waals surface area contributed by atoms with Crippen LogP contribution in [-0.2, 0) is 6.42 Å². The largest absolute Gasteiger partial charge is 0.497 e. The molecule has 0 saturated carbocycles. The molecule has 0 aromatic heterocycles. The third-order valence-electron chi connectivity index (χ3n) is 6.72. The van der Waals surface area contributed by atoms with Crippen molar-refractivity contribution < 1.29 is 14.3 Å². The standard InChI is InChI=1S/C31H35NO3/c1-21(2)32(22(3)4)20-35-27-17-12-25(13-18-27)31(33)30-28-9-7-6-8-23(28)14-19-29(30)24-10-15-26(34-5)16-11-24/h6-13,15-18,21-22H,14,19-20H2,1-5H3. The Morgan fingerprint density at radius 3 is 2.09 bits per heavy atom. The minimum atomic E-state index is 0.0421. The summed E-state index contributed by atoms with van der Waals surface area (Å²) in [6, 6.07) is 24.6. The highest BCUT2D eigenvalue weighted by Gasteiger charge is 2.26. The van der Waals surface area contributed by atoms with E-state index in [4.69, 9.17) is 9.47 Å². The summed E-state index contributed by atoms with van der Waals surface area (Å²) in [5.41, 5.74) is 5.85. The maximum absolute atomic E-state index is 13.9. The van der Waals surface area contributed by atoms with Crippen molar-refractivity contribution >= 4 is 16.9 Å². The lowest BCUT2D eigenvalue weighted by molar-refractivity contribution is 0.0690. The molecule has 4 nitrogen and oxygen atoms in total. The van der Waals surface area contributed by atoms with E-state index in [-0.39, 0.29) is 5.78 Å². The number of carbonyl (C=O) groups is 1. The van der Waals surface area contributed by atoms with E-state index in [0.717, 1.165) is 46.6 Å². The van der Waals surface area contributed by atoms with E-state index < -0.39 is 0 Å². The summed E-state index contributed by atoms with van der Waals surface area (Å²) in [5, 5.41) is 0. The highest BCUT2D eigenvalue weighted by molar-refractivity contribution is 6.35. The van der Waals surface area contributed by atoms with E-state index in [9.17, 15) is 4.79 Å². The summed E-state index contributed by atoms with van der Waals surface area (Å²) in [4.78, 5) is 16.2. The summed E-state index contributed by atoms with van der Waals surface area (Å²) in [5.74, 6) is 1.62. The molecule has 0 unspecified atom stereocenters. The van der Waals surface area contributed by atoms with Gasteiger partial charge in [0.25, 0.3) is 0 Å². The van der Waals surface area contributed by atoms with Gasteiger partial charge in [0, 0.05) is 23.2 Å². The number of methoxy groups -OCH3 is 1. The van der Waals surface area contributed by atoms with Crippen LogP contribution in [0.2, 0.25) is 0 Å². The van der Waals surface area contributed by atoms with Gasteiger partial charge in [0.05, 0.1) is 7.11 Å². The first-order valence-corrected chi connectivity index (χ1v) is 12.4. The van der Waals surface area contributed by atoms with Gasteiger partial charge < -0.3 is 9.47 Å². The Hall–Kier alpha value is -3.37. The Labute approximate surface area is 209 Å². The molecule has 3 aromatic rings. The quantitative estimate of drug-likeness (QED) is 0.253. The zero-order valence-electron chi connectivity index (χ0n) is 21.4. The second kappa shape index (κ2) is 10.9. The van der Waals surface area contributed by atoms with Crippen LogP contribution in [0.3, 0.4) is 0 Å². The Morgan fingerprint density at radius 2 is 1.46 bits per heavy atom. The number of ether oxygens (including phenoxy) is 2. The Morgan fingerprint density at radius 1 is 0.829 bits per heavy atom. The van der Waals surface area contributed by atoms with Crippen LogP contribution in [0.5, 0.6) is 11.5 Å². The van der Waals surface area contributed by atoms with Gasteiger partial charge in [-0.05, 0) is 99.2 Å². The predicted octanol–water partition coefficient (Wildman–Crippen LogP) is 6.89. The van der Waals surface area contributed by atoms with E-state index >= 15 is 0 Å². The van der Waals surface area contributed by atoms with Gasteiger partial charge in [-0.25, -0.2) is 0 Å². The number of nitrogens with zero attached hydrogens (tertiary/aromatic N) is 1. The molecule has 4 heteroatoms. The number of benzene rings is 3. The van der Waals surface area contributed by atoms with Crippen molar-refractivity contribution in [1.82, 2.24) is 4.90 Å². The molecule has 4 rings (SSSR count). The number of allylic oxidation sites excluding steroid dienone is 2. The summed E-state index contributed by atoms with van der Waals surface area (Å²) < 4.78 is 11.4. The lowest BCUT2D eigenvalue weighted by atomic mass is 9.79. The van der Waals surface area contributed by atoms with Crippen molar-refractivity contribution in [2.75, 3.05) is 13.8 Å². The Balaban J connectivity index is 1.65. The molecule has 0 amide bonds. The van der Waals surface area contributed by atoms with E-state index in [1.807, 2.05) is 60.7 Å². The van der Waals surface area contributed by atoms with Gasteiger partial charge in [-0.2, -0.15) is 0 Å². The van der Waals surface area contributed by atoms with Gasteiger partial charge in [0.2, 0.25) is 0 Å². The van der Waals surface area contributed by atoms with Crippen molar-refractivity contribution in [2.45, 2.75) is 52.6 Å². The maximum Gasteiger partial charge on any atom is 0.193 e. The fraction of sp³-hybridized carbons (Fsp3) is 0.323. The van der Waals surface area contributed by atoms with Gasteiger partial charge in [0.15, 0.2) is 5.78 Å². The lowest BCUT2D eigenvalue weighted by Crippen LogP contribution is -2.39. The number of hydrogen-bond acceptors (Lipinski definition) is 4. The zero-order chi connectivity index (χ0) is 24.9. The molecule has 0 bridgehead atoms. The molecular formula is C31H35NO3. The van der Waals surface area contributed by atoms with Crippen LogP contribution in [0.1, 0.15) is 61.2 Å². The third-order valence-corrected chi connectivity index (χ3v) is 6.72. The van der Waals surface area contributed by atoms with E-state index in [2.05, 4.69) is 44.7 Å². The number of carbonyl (C=O) groups excluding carboxylic acids is 1. The zero-order valence-corrected chi connectivity index (χ0v) is 21.4. The highest BCUT2D eigenvalue weighted by atomic mass is 16.5. The smallest absolute Gasteiger partial charge is 0.193 e. The van der Waals surface area contributed by atoms with Crippen molar-refractivity contribution in [3.8, 4) is 11.5 Å². The molecule has 0 heterocycles. The molecule has 0 N–H and O–H groups in total. The van der Waals surface area contributed by atoms with Crippen LogP contribution in [-0.4, -0.2) is 36.6 Å². The summed E-state index contributed by atoms with van der Waals surface area (Å²) in [7, 11) is 1.66. The summed E-state index contributed by atoms with van der Waals surface area (Å²) in [6.45, 7) is 9.19. The molecule has 0 spiro atoms. The fourth-order valence-corrected chi connectivity index (χ4v) is 4.76. The van der Waals surface area contributed by atoms with Gasteiger partial charge in [-0.1, -0.05) is 36.4 Å². The topological polar surface area (TPSA) is 38.8 Å². The summed E-state index contributed by atoms with van der Waals surface area (Å²) in [6.07, 6.45) is 1.75. The average molecular weight is 470 g/mol. The number of Topliss-reactive ketones (excluding diaryl/α,β-unsaturated/α-hetero) is 1. The second-order valence-corrected chi connectivity index (χ2v) is 9.57. The van der Waals surface area contributed by atoms with Gasteiger partial charge in [0.1, 0.15) is 18.2 Å². The predicted molar refractivity (Wildman–Crippen MR) is 143 cm³/mol. The molecule has 0 aliphatic heterocycles. The number of aryl methyl sites for hydroxylation is 1. The normalized spacial score (nSPS) is 13.4. The van der Waals surface area contributed by atoms with Crippen molar-refractivity contribution in [2.24, 2.45) is 0 Å². The first kappa shape index (κ1) is 24.7. The van der Waals surface area contributed by atoms with Crippen LogP contribution in [0.25, 0.3) is 11.1 Å². The second-order valence-electron chi connectivity index (χ2n) is 9.57. The van der Waals surface area contributed by atoms with Crippen LogP contribution < -0.4 is 9.47 Å². The third kappa shape index (κ3) is 5.49. The van der Waals surface area contributed by atoms with Gasteiger partial charge in [-0.3, -0.25) is 9.69 Å². The number of fused-ring (bicyclic) bond motifs is 1. The molecule has 0 fully saturated rings. The average Bonchev–Trinajstić information content (AvgIpc) is 2.87.